The number of hydrogen-bond donors (Lipinski definition) is 1. The summed E-state index contributed by atoms with van der Waals surface area (Å²) in [7, 11) is 0. The first-order valence-corrected chi connectivity index (χ1v) is 8.17. The Morgan fingerprint density at radius 1 is 1.14 bits per heavy atom. The van der Waals surface area contributed by atoms with E-state index in [1.807, 2.05) is 20.8 Å². The minimum absolute atomic E-state index is 0.0791. The van der Waals surface area contributed by atoms with Gasteiger partial charge < -0.3 is 5.32 Å². The van der Waals surface area contributed by atoms with Crippen LogP contribution in [0, 0.1) is 5.41 Å². The average Bonchev–Trinajstić information content (AvgIpc) is 2.78. The molecule has 1 aromatic rings. The molecule has 0 spiro atoms. The van der Waals surface area contributed by atoms with Crippen LogP contribution in [0.4, 0.5) is 0 Å². The van der Waals surface area contributed by atoms with Gasteiger partial charge in [-0.05, 0) is 50.3 Å². The number of Topliss-reactive ketones (excluding diaryl/α,β-unsaturated/α-hetero) is 1. The van der Waals surface area contributed by atoms with Gasteiger partial charge in [0, 0.05) is 11.0 Å². The number of hydrogen-bond acceptors (Lipinski definition) is 2. The molecule has 2 rings (SSSR count). The van der Waals surface area contributed by atoms with Crippen LogP contribution >= 0.6 is 0 Å². The lowest BCUT2D eigenvalue weighted by atomic mass is 9.82. The lowest BCUT2D eigenvalue weighted by Crippen LogP contribution is -2.50. The molecule has 1 aliphatic carbocycles. The summed E-state index contributed by atoms with van der Waals surface area (Å²) in [6.45, 7) is 12.4. The third-order valence-corrected chi connectivity index (χ3v) is 4.02. The molecule has 0 heterocycles. The highest BCUT2D eigenvalue weighted by Crippen LogP contribution is 2.32. The summed E-state index contributed by atoms with van der Waals surface area (Å²) < 4.78 is 0. The molecule has 0 unspecified atom stereocenters. The van der Waals surface area contributed by atoms with Crippen molar-refractivity contribution in [3.05, 3.63) is 41.5 Å². The molecule has 0 radical (unpaired) electrons. The topological polar surface area (TPSA) is 29.1 Å². The Morgan fingerprint density at radius 2 is 1.77 bits per heavy atom. The maximum absolute atomic E-state index is 12.9. The Labute approximate surface area is 135 Å². The number of carbonyl (C=O) groups excluding carboxylic acids is 1. The highest BCUT2D eigenvalue weighted by molar-refractivity contribution is 5.91. The Bertz CT molecular complexity index is 584. The average molecular weight is 299 g/mol. The summed E-state index contributed by atoms with van der Waals surface area (Å²) in [6, 6.07) is 8.37. The van der Waals surface area contributed by atoms with Crippen LogP contribution in [-0.4, -0.2) is 17.4 Å². The molecule has 0 aliphatic heterocycles. The molecule has 1 aliphatic rings. The molecule has 0 fully saturated rings. The molecule has 120 valence electrons. The number of nitrogens with one attached hydrogen (secondary N) is 1. The summed E-state index contributed by atoms with van der Waals surface area (Å²) in [6.07, 6.45) is 4.03. The van der Waals surface area contributed by atoms with E-state index in [2.05, 4.69) is 56.4 Å². The van der Waals surface area contributed by atoms with Crippen LogP contribution in [0.2, 0.25) is 0 Å². The van der Waals surface area contributed by atoms with E-state index in [9.17, 15) is 4.79 Å². The van der Waals surface area contributed by atoms with E-state index in [4.69, 9.17) is 0 Å². The van der Waals surface area contributed by atoms with Crippen LogP contribution in [0.25, 0.3) is 5.57 Å². The minimum Gasteiger partial charge on any atom is -0.302 e. The fourth-order valence-corrected chi connectivity index (χ4v) is 3.02. The highest BCUT2D eigenvalue weighted by Gasteiger charge is 2.33. The van der Waals surface area contributed by atoms with Gasteiger partial charge in [-0.25, -0.2) is 0 Å². The highest BCUT2D eigenvalue weighted by atomic mass is 16.1. The van der Waals surface area contributed by atoms with Gasteiger partial charge in [-0.3, -0.25) is 4.79 Å². The van der Waals surface area contributed by atoms with Crippen LogP contribution in [0.1, 0.15) is 59.1 Å². The zero-order chi connectivity index (χ0) is 16.5. The lowest BCUT2D eigenvalue weighted by Gasteiger charge is -2.32. The lowest BCUT2D eigenvalue weighted by molar-refractivity contribution is -0.128. The number of benzene rings is 1. The summed E-state index contributed by atoms with van der Waals surface area (Å²) >= 11 is 0. The van der Waals surface area contributed by atoms with E-state index in [1.54, 1.807) is 0 Å². The molecule has 0 aromatic heterocycles. The molecule has 0 amide bonds. The second-order valence-electron chi connectivity index (χ2n) is 8.36. The van der Waals surface area contributed by atoms with Crippen molar-refractivity contribution in [2.75, 3.05) is 0 Å². The Morgan fingerprint density at radius 3 is 2.36 bits per heavy atom. The third-order valence-electron chi connectivity index (χ3n) is 4.02. The first-order chi connectivity index (χ1) is 10.1. The zero-order valence-corrected chi connectivity index (χ0v) is 14.8. The zero-order valence-electron chi connectivity index (χ0n) is 14.8. The van der Waals surface area contributed by atoms with Gasteiger partial charge in [-0.1, -0.05) is 51.1 Å². The standard InChI is InChI=1S/C20H29NO/c1-19(2,3)18(22)17(21-20(4,5)6)13-15-12-11-14-9-7-8-10-16(14)15/h7-10,12,17,21H,11,13H2,1-6H3/t17-/m0/s1. The summed E-state index contributed by atoms with van der Waals surface area (Å²) in [5.74, 6) is 0.285. The number of fused-ring (bicyclic) bond motifs is 1. The number of ketones is 1. The summed E-state index contributed by atoms with van der Waals surface area (Å²) in [4.78, 5) is 12.9. The van der Waals surface area contributed by atoms with Gasteiger partial charge >= 0.3 is 0 Å². The van der Waals surface area contributed by atoms with Crippen LogP contribution in [0.3, 0.4) is 0 Å². The molecule has 22 heavy (non-hydrogen) atoms. The van der Waals surface area contributed by atoms with Crippen molar-refractivity contribution in [1.82, 2.24) is 5.32 Å². The van der Waals surface area contributed by atoms with Crippen LogP contribution < -0.4 is 5.32 Å². The molecule has 1 atom stereocenters. The van der Waals surface area contributed by atoms with Gasteiger partial charge in [-0.2, -0.15) is 0 Å². The van der Waals surface area contributed by atoms with E-state index in [0.717, 1.165) is 12.8 Å². The number of carbonyl (C=O) groups is 1. The maximum Gasteiger partial charge on any atom is 0.155 e. The Hall–Kier alpha value is -1.41. The SMILES string of the molecule is CC(C)(C)N[C@@H](CC1=CCc2ccccc21)C(=O)C(C)(C)C. The van der Waals surface area contributed by atoms with Crippen LogP contribution in [0.15, 0.2) is 30.3 Å². The monoisotopic (exact) mass is 299 g/mol. The summed E-state index contributed by atoms with van der Waals surface area (Å²) in [5.41, 5.74) is 3.57. The van der Waals surface area contributed by atoms with Gasteiger partial charge in [-0.15, -0.1) is 0 Å². The summed E-state index contributed by atoms with van der Waals surface area (Å²) in [5, 5.41) is 3.53. The maximum atomic E-state index is 12.9. The molecular formula is C20H29NO. The normalized spacial score (nSPS) is 16.2. The molecule has 0 bridgehead atoms. The number of allylic oxidation sites excluding steroid dienone is 1. The van der Waals surface area contributed by atoms with Gasteiger partial charge in [0.05, 0.1) is 6.04 Å². The van der Waals surface area contributed by atoms with Crippen molar-refractivity contribution < 1.29 is 4.79 Å². The molecular weight excluding hydrogens is 270 g/mol. The van der Waals surface area contributed by atoms with E-state index in [-0.39, 0.29) is 22.8 Å². The van der Waals surface area contributed by atoms with Crippen molar-refractivity contribution in [3.8, 4) is 0 Å². The molecule has 0 saturated heterocycles. The quantitative estimate of drug-likeness (QED) is 0.893. The molecule has 0 saturated carbocycles. The van der Waals surface area contributed by atoms with Crippen molar-refractivity contribution in [1.29, 1.82) is 0 Å². The molecule has 1 N–H and O–H groups in total. The third kappa shape index (κ3) is 4.07. The Balaban J connectivity index is 2.23. The van der Waals surface area contributed by atoms with Crippen molar-refractivity contribution in [2.24, 2.45) is 5.41 Å². The molecule has 2 nitrogen and oxygen atoms in total. The van der Waals surface area contributed by atoms with Gasteiger partial charge in [0.25, 0.3) is 0 Å². The predicted molar refractivity (Wildman–Crippen MR) is 93.9 cm³/mol. The van der Waals surface area contributed by atoms with Crippen molar-refractivity contribution in [2.45, 2.75) is 66.0 Å². The van der Waals surface area contributed by atoms with E-state index in [0.29, 0.717) is 0 Å². The second kappa shape index (κ2) is 6.00. The van der Waals surface area contributed by atoms with Gasteiger partial charge in [0.2, 0.25) is 0 Å². The fourth-order valence-electron chi connectivity index (χ4n) is 3.02. The van der Waals surface area contributed by atoms with Crippen LogP contribution in [0.5, 0.6) is 0 Å². The smallest absolute Gasteiger partial charge is 0.155 e. The van der Waals surface area contributed by atoms with Gasteiger partial charge in [0.1, 0.15) is 0 Å². The van der Waals surface area contributed by atoms with Crippen molar-refractivity contribution >= 4 is 11.4 Å². The van der Waals surface area contributed by atoms with Crippen LogP contribution in [-0.2, 0) is 11.2 Å². The number of rotatable bonds is 4. The minimum atomic E-state index is -0.332. The van der Waals surface area contributed by atoms with E-state index < -0.39 is 0 Å². The van der Waals surface area contributed by atoms with E-state index in [1.165, 1.54) is 16.7 Å². The Kier molecular flexibility index (Phi) is 4.62. The second-order valence-corrected chi connectivity index (χ2v) is 8.36. The molecule has 2 heteroatoms. The first-order valence-electron chi connectivity index (χ1n) is 8.17. The largest absolute Gasteiger partial charge is 0.302 e. The predicted octanol–water partition coefficient (Wildman–Crippen LogP) is 4.39. The van der Waals surface area contributed by atoms with Crippen molar-refractivity contribution in [3.63, 3.8) is 0 Å². The fraction of sp³-hybridized carbons (Fsp3) is 0.550. The first kappa shape index (κ1) is 17.0. The molecule has 1 aromatic carbocycles. The van der Waals surface area contributed by atoms with Gasteiger partial charge in [0.15, 0.2) is 5.78 Å². The van der Waals surface area contributed by atoms with E-state index >= 15 is 0 Å².